The highest BCUT2D eigenvalue weighted by Gasteiger charge is 2.49. The summed E-state index contributed by atoms with van der Waals surface area (Å²) >= 11 is 6.14. The van der Waals surface area contributed by atoms with E-state index in [2.05, 4.69) is 25.5 Å². The second kappa shape index (κ2) is 14.5. The van der Waals surface area contributed by atoms with E-state index in [9.17, 15) is 37.1 Å². The summed E-state index contributed by atoms with van der Waals surface area (Å²) in [5.41, 5.74) is 1.31. The number of hydrogen-bond donors (Lipinski definition) is 2. The second-order valence-electron chi connectivity index (χ2n) is 17.3. The molecule has 2 N–H and O–H groups in total. The number of piperidine rings is 3. The number of amides is 5. The minimum atomic E-state index is -4.53. The van der Waals surface area contributed by atoms with Crippen molar-refractivity contribution in [3.8, 4) is 0 Å². The molecule has 0 radical (unpaired) electrons. The molecule has 1 unspecified atom stereocenters. The third-order valence-corrected chi connectivity index (χ3v) is 14.1. The van der Waals surface area contributed by atoms with Crippen molar-refractivity contribution in [2.24, 2.45) is 11.3 Å². The first-order valence-corrected chi connectivity index (χ1v) is 20.7. The van der Waals surface area contributed by atoms with Crippen LogP contribution in [0.15, 0.2) is 48.8 Å². The SMILES string of the molecule is O=C1CCC(N2C(=O)c3ccc(N4CCC5(CC4)CC(CN4CCC(c6cnn(C7(C(=O)Nc8ccc(C(F)(F)F)cc8Cl)CCC7)c6)CC4)C5)cc3C2=O)C(=O)N1. The van der Waals surface area contributed by atoms with Gasteiger partial charge in [0.2, 0.25) is 11.8 Å². The topological polar surface area (TPSA) is 137 Å². The Balaban J connectivity index is 0.739. The smallest absolute Gasteiger partial charge is 0.371 e. The number of rotatable bonds is 8. The highest BCUT2D eigenvalue weighted by Crippen LogP contribution is 2.53. The third kappa shape index (κ3) is 6.87. The molecule has 1 aromatic heterocycles. The Morgan fingerprint density at radius 2 is 1.64 bits per heavy atom. The molecule has 12 nitrogen and oxygen atoms in total. The van der Waals surface area contributed by atoms with Gasteiger partial charge in [0.05, 0.1) is 33.6 Å². The normalized spacial score (nSPS) is 23.8. The summed E-state index contributed by atoms with van der Waals surface area (Å²) in [7, 11) is 0. The summed E-state index contributed by atoms with van der Waals surface area (Å²) in [6, 6.07) is 7.31. The van der Waals surface area contributed by atoms with Crippen molar-refractivity contribution in [1.29, 1.82) is 0 Å². The van der Waals surface area contributed by atoms with Crippen molar-refractivity contribution in [2.75, 3.05) is 42.9 Å². The van der Waals surface area contributed by atoms with Crippen LogP contribution >= 0.6 is 11.6 Å². The monoisotopic (exact) mass is 819 g/mol. The van der Waals surface area contributed by atoms with Gasteiger partial charge < -0.3 is 15.1 Å². The lowest BCUT2D eigenvalue weighted by Crippen LogP contribution is -2.54. The van der Waals surface area contributed by atoms with Gasteiger partial charge in [-0.3, -0.25) is 38.9 Å². The number of aromatic nitrogens is 2. The molecule has 1 atom stereocenters. The van der Waals surface area contributed by atoms with Gasteiger partial charge in [-0.25, -0.2) is 0 Å². The van der Waals surface area contributed by atoms with Gasteiger partial charge in [0, 0.05) is 37.9 Å². The maximum Gasteiger partial charge on any atom is 0.416 e. The van der Waals surface area contributed by atoms with Gasteiger partial charge in [-0.05, 0) is 137 Å². The van der Waals surface area contributed by atoms with E-state index in [1.807, 2.05) is 18.5 Å². The van der Waals surface area contributed by atoms with Crippen LogP contribution in [0, 0.1) is 11.3 Å². The van der Waals surface area contributed by atoms with Gasteiger partial charge in [-0.15, -0.1) is 0 Å². The predicted octanol–water partition coefficient (Wildman–Crippen LogP) is 6.35. The Kier molecular flexibility index (Phi) is 9.69. The molecule has 1 spiro atoms. The molecule has 16 heteroatoms. The molecule has 5 fully saturated rings. The second-order valence-corrected chi connectivity index (χ2v) is 17.7. The van der Waals surface area contributed by atoms with E-state index in [1.54, 1.807) is 16.8 Å². The highest BCUT2D eigenvalue weighted by atomic mass is 35.5. The van der Waals surface area contributed by atoms with Crippen molar-refractivity contribution >= 4 is 52.5 Å². The van der Waals surface area contributed by atoms with Crippen LogP contribution in [-0.4, -0.2) is 87.9 Å². The molecular formula is C42H45ClF3N7O5. The van der Waals surface area contributed by atoms with Crippen molar-refractivity contribution in [3.05, 3.63) is 76.1 Å². The van der Waals surface area contributed by atoms with E-state index < -0.39 is 46.9 Å². The molecule has 2 aromatic carbocycles. The first-order chi connectivity index (χ1) is 27.7. The molecule has 0 bridgehead atoms. The lowest BCUT2D eigenvalue weighted by Gasteiger charge is -2.54. The molecule has 5 amide bonds. The summed E-state index contributed by atoms with van der Waals surface area (Å²) in [5, 5.41) is 9.47. The number of likely N-dealkylation sites (tertiary alicyclic amines) is 1. The Labute approximate surface area is 338 Å². The number of fused-ring (bicyclic) bond motifs is 1. The number of benzene rings is 2. The van der Waals surface area contributed by atoms with Crippen LogP contribution in [0.5, 0.6) is 0 Å². The van der Waals surface area contributed by atoms with E-state index in [1.165, 1.54) is 18.9 Å². The first-order valence-electron chi connectivity index (χ1n) is 20.3. The average molecular weight is 820 g/mol. The Morgan fingerprint density at radius 3 is 2.29 bits per heavy atom. The fourth-order valence-electron chi connectivity index (χ4n) is 10.3. The average Bonchev–Trinajstić information content (AvgIpc) is 3.74. The van der Waals surface area contributed by atoms with Crippen molar-refractivity contribution < 1.29 is 37.1 Å². The standard InChI is InChI=1S/C42H45ClF3N7O5/c43-32-18-28(42(44,45)46)2-5-33(32)48-39(58)41(10-1-11-41)52-24-27(22-47-52)26-8-14-50(15-9-26)23-25-20-40(21-25)12-16-51(17-13-40)29-3-4-30-31(19-29)38(57)53(37(30)56)34-6-7-35(54)49-36(34)55/h2-5,18-19,22,24-26,34H,1,6-17,20-21,23H2,(H,48,58)(H,49,54,55). The largest absolute Gasteiger partial charge is 0.416 e. The number of hydrogen-bond acceptors (Lipinski definition) is 8. The van der Waals surface area contributed by atoms with E-state index in [4.69, 9.17) is 11.6 Å². The summed E-state index contributed by atoms with van der Waals surface area (Å²) in [4.78, 5) is 70.0. The van der Waals surface area contributed by atoms with Gasteiger partial charge in [0.15, 0.2) is 0 Å². The molecule has 4 aliphatic heterocycles. The number of nitrogens with zero attached hydrogens (tertiary/aromatic N) is 5. The van der Waals surface area contributed by atoms with Crippen molar-refractivity contribution in [1.82, 2.24) is 24.9 Å². The van der Waals surface area contributed by atoms with Crippen LogP contribution < -0.4 is 15.5 Å². The summed E-state index contributed by atoms with van der Waals surface area (Å²) in [6.07, 6.45) is 8.08. The quantitative estimate of drug-likeness (QED) is 0.251. The number of alkyl halides is 3. The molecule has 2 aliphatic carbocycles. The van der Waals surface area contributed by atoms with Crippen LogP contribution in [0.1, 0.15) is 108 Å². The van der Waals surface area contributed by atoms with E-state index in [0.29, 0.717) is 41.2 Å². The molecular weight excluding hydrogens is 775 g/mol. The molecule has 2 saturated carbocycles. The predicted molar refractivity (Wildman–Crippen MR) is 207 cm³/mol. The molecule has 6 aliphatic rings. The highest BCUT2D eigenvalue weighted by molar-refractivity contribution is 6.33. The number of carbonyl (C=O) groups is 5. The summed E-state index contributed by atoms with van der Waals surface area (Å²) < 4.78 is 41.1. The van der Waals surface area contributed by atoms with Crippen LogP contribution in [-0.2, 0) is 26.1 Å². The first kappa shape index (κ1) is 38.7. The van der Waals surface area contributed by atoms with E-state index in [-0.39, 0.29) is 29.5 Å². The van der Waals surface area contributed by atoms with Gasteiger partial charge in [-0.1, -0.05) is 11.6 Å². The molecule has 306 valence electrons. The van der Waals surface area contributed by atoms with Crippen molar-refractivity contribution in [2.45, 2.75) is 94.3 Å². The summed E-state index contributed by atoms with van der Waals surface area (Å²) in [5.74, 6) is -1.33. The molecule has 3 saturated heterocycles. The van der Waals surface area contributed by atoms with Gasteiger partial charge in [0.25, 0.3) is 17.7 Å². The van der Waals surface area contributed by atoms with Gasteiger partial charge in [0.1, 0.15) is 11.6 Å². The lowest BCUT2D eigenvalue weighted by molar-refractivity contribution is -0.138. The Morgan fingerprint density at radius 1 is 0.914 bits per heavy atom. The lowest BCUT2D eigenvalue weighted by atomic mass is 9.57. The molecule has 58 heavy (non-hydrogen) atoms. The molecule has 9 rings (SSSR count). The maximum absolute atomic E-state index is 13.5. The molecule has 3 aromatic rings. The van der Waals surface area contributed by atoms with E-state index in [0.717, 1.165) is 93.1 Å². The van der Waals surface area contributed by atoms with Gasteiger partial charge in [-0.2, -0.15) is 18.3 Å². The van der Waals surface area contributed by atoms with Crippen LogP contribution in [0.25, 0.3) is 0 Å². The van der Waals surface area contributed by atoms with Crippen LogP contribution in [0.3, 0.4) is 0 Å². The molecule has 5 heterocycles. The maximum atomic E-state index is 13.5. The minimum absolute atomic E-state index is 0.0859. The Hall–Kier alpha value is -4.76. The zero-order valence-corrected chi connectivity index (χ0v) is 32.7. The van der Waals surface area contributed by atoms with Crippen LogP contribution in [0.4, 0.5) is 24.5 Å². The van der Waals surface area contributed by atoms with Crippen molar-refractivity contribution in [3.63, 3.8) is 0 Å². The fraction of sp³-hybridized carbons (Fsp3) is 0.524. The summed E-state index contributed by atoms with van der Waals surface area (Å²) in [6.45, 7) is 4.81. The zero-order valence-electron chi connectivity index (χ0n) is 32.0. The van der Waals surface area contributed by atoms with Crippen LogP contribution in [0.2, 0.25) is 5.02 Å². The third-order valence-electron chi connectivity index (χ3n) is 13.8. The number of anilines is 2. The fourth-order valence-corrected chi connectivity index (χ4v) is 10.5. The number of imide groups is 2. The number of halogens is 4. The minimum Gasteiger partial charge on any atom is -0.371 e. The number of nitrogens with one attached hydrogen (secondary N) is 2. The zero-order chi connectivity index (χ0) is 40.6. The Bertz CT molecular complexity index is 2180. The van der Waals surface area contributed by atoms with E-state index >= 15 is 0 Å². The number of carbonyl (C=O) groups excluding carboxylic acids is 5. The van der Waals surface area contributed by atoms with Gasteiger partial charge >= 0.3 is 6.18 Å².